The number of carboxylic acid groups (broad SMARTS) is 1. The van der Waals surface area contributed by atoms with Crippen molar-refractivity contribution in [2.45, 2.75) is 43.8 Å². The molecule has 0 amide bonds. The molecule has 0 aliphatic heterocycles. The molecular formula is C21H19F3N2O5S2. The molecule has 176 valence electrons. The number of carbonyl (C=O) groups is 1. The van der Waals surface area contributed by atoms with Gasteiger partial charge in [-0.2, -0.15) is 13.2 Å². The van der Waals surface area contributed by atoms with Gasteiger partial charge in [-0.3, -0.25) is 4.55 Å². The normalized spacial score (nSPS) is 21.1. The average Bonchev–Trinajstić information content (AvgIpc) is 3.07. The molecule has 3 aromatic rings. The molecule has 2 aromatic heterocycles. The molecule has 1 aromatic carbocycles. The van der Waals surface area contributed by atoms with Crippen molar-refractivity contribution in [2.24, 2.45) is 0 Å². The van der Waals surface area contributed by atoms with E-state index in [-0.39, 0.29) is 22.0 Å². The summed E-state index contributed by atoms with van der Waals surface area (Å²) >= 11 is -1.84. The number of aryl methyl sites for hydroxylation is 1. The Bertz CT molecular complexity index is 1210. The van der Waals surface area contributed by atoms with Crippen LogP contribution in [0.4, 0.5) is 18.2 Å². The van der Waals surface area contributed by atoms with Crippen molar-refractivity contribution in [3.8, 4) is 10.6 Å². The second kappa shape index (κ2) is 8.58. The zero-order valence-corrected chi connectivity index (χ0v) is 18.8. The number of benzene rings is 1. The number of alkyl halides is 3. The Morgan fingerprint density at radius 1 is 1.33 bits per heavy atom. The molecule has 0 spiro atoms. The van der Waals surface area contributed by atoms with Crippen LogP contribution in [0.25, 0.3) is 10.6 Å². The lowest BCUT2D eigenvalue weighted by molar-refractivity contribution is -0.155. The zero-order chi connectivity index (χ0) is 24.0. The first-order chi connectivity index (χ1) is 15.6. The van der Waals surface area contributed by atoms with Crippen molar-refractivity contribution < 1.29 is 36.4 Å². The number of rotatable bonds is 8. The summed E-state index contributed by atoms with van der Waals surface area (Å²) < 4.78 is 66.0. The summed E-state index contributed by atoms with van der Waals surface area (Å²) in [6.45, 7) is 2.03. The van der Waals surface area contributed by atoms with Crippen LogP contribution in [0.15, 0.2) is 47.0 Å². The van der Waals surface area contributed by atoms with Gasteiger partial charge >= 0.3 is 12.1 Å². The first kappa shape index (κ1) is 23.5. The summed E-state index contributed by atoms with van der Waals surface area (Å²) in [4.78, 5) is 12.6. The summed E-state index contributed by atoms with van der Waals surface area (Å²) in [6.07, 6.45) is -2.85. The minimum atomic E-state index is -4.70. The van der Waals surface area contributed by atoms with Gasteiger partial charge in [0.25, 0.3) is 11.3 Å². The highest BCUT2D eigenvalue weighted by Gasteiger charge is 2.67. The number of nitrogens with zero attached hydrogens (tertiary/aromatic N) is 2. The summed E-state index contributed by atoms with van der Waals surface area (Å²) in [5.41, 5.74) is 0.0315. The average molecular weight is 501 g/mol. The largest absolute Gasteiger partial charge is 0.479 e. The van der Waals surface area contributed by atoms with Crippen molar-refractivity contribution in [2.75, 3.05) is 4.31 Å². The molecule has 0 saturated heterocycles. The standard InChI is InChI=1S/C21H19F3N2O5S2/c1-2-4-12-5-3-6-13(9-12)14-11-20(14,19(27)28)26(33(29)30)18-8-7-16(32-18)15-10-17(31-25-15)21(22,23)24/h3,5-10,14H,2,4,11H2,1H3,(H,27,28)(H,29,30). The van der Waals surface area contributed by atoms with E-state index in [2.05, 4.69) is 9.68 Å². The third-order valence-corrected chi connectivity index (χ3v) is 7.59. The highest BCUT2D eigenvalue weighted by Crippen LogP contribution is 2.58. The lowest BCUT2D eigenvalue weighted by atomic mass is 10.0. The third-order valence-electron chi connectivity index (χ3n) is 5.55. The Balaban J connectivity index is 1.68. The second-order valence-electron chi connectivity index (χ2n) is 7.72. The first-order valence-corrected chi connectivity index (χ1v) is 11.8. The predicted molar refractivity (Wildman–Crippen MR) is 116 cm³/mol. The van der Waals surface area contributed by atoms with Crippen LogP contribution in [0, 0.1) is 0 Å². The predicted octanol–water partition coefficient (Wildman–Crippen LogP) is 5.33. The molecule has 0 bridgehead atoms. The number of hydrogen-bond donors (Lipinski definition) is 2. The minimum absolute atomic E-state index is 0.105. The van der Waals surface area contributed by atoms with Crippen LogP contribution < -0.4 is 4.31 Å². The van der Waals surface area contributed by atoms with Crippen molar-refractivity contribution in [3.05, 3.63) is 59.4 Å². The molecule has 1 aliphatic carbocycles. The Kier molecular flexibility index (Phi) is 6.10. The Hall–Kier alpha value is -2.70. The van der Waals surface area contributed by atoms with Crippen molar-refractivity contribution in [1.82, 2.24) is 5.16 Å². The van der Waals surface area contributed by atoms with Crippen LogP contribution in [0.5, 0.6) is 0 Å². The molecule has 3 atom stereocenters. The van der Waals surface area contributed by atoms with Crippen LogP contribution in [-0.2, 0) is 28.7 Å². The summed E-state index contributed by atoms with van der Waals surface area (Å²) in [5.74, 6) is -3.06. The van der Waals surface area contributed by atoms with E-state index in [1.807, 2.05) is 25.1 Å². The number of carboxylic acids is 1. The highest BCUT2D eigenvalue weighted by molar-refractivity contribution is 7.81. The van der Waals surface area contributed by atoms with Crippen LogP contribution in [0.3, 0.4) is 0 Å². The number of thiophene rings is 1. The Morgan fingerprint density at radius 3 is 2.70 bits per heavy atom. The maximum Gasteiger partial charge on any atom is 0.452 e. The molecule has 1 saturated carbocycles. The second-order valence-corrected chi connectivity index (χ2v) is 9.61. The maximum atomic E-state index is 12.8. The third kappa shape index (κ3) is 4.30. The van der Waals surface area contributed by atoms with Gasteiger partial charge in [-0.25, -0.2) is 13.3 Å². The molecule has 1 fully saturated rings. The summed E-state index contributed by atoms with van der Waals surface area (Å²) in [5, 5.41) is 13.6. The summed E-state index contributed by atoms with van der Waals surface area (Å²) in [7, 11) is 0. The van der Waals surface area contributed by atoms with E-state index in [9.17, 15) is 31.8 Å². The number of hydrogen-bond acceptors (Lipinski definition) is 5. The van der Waals surface area contributed by atoms with Gasteiger partial charge in [0.2, 0.25) is 5.76 Å². The molecule has 4 rings (SSSR count). The van der Waals surface area contributed by atoms with Crippen molar-refractivity contribution >= 4 is 33.6 Å². The monoisotopic (exact) mass is 500 g/mol. The lowest BCUT2D eigenvalue weighted by Crippen LogP contribution is -2.45. The highest BCUT2D eigenvalue weighted by atomic mass is 32.2. The minimum Gasteiger partial charge on any atom is -0.479 e. The Labute approximate surface area is 193 Å². The van der Waals surface area contributed by atoms with Gasteiger partial charge in [-0.05, 0) is 36.1 Å². The van der Waals surface area contributed by atoms with E-state index in [0.29, 0.717) is 0 Å². The SMILES string of the molecule is CCCc1cccc(C2CC2(C(=O)O)N(c2ccc(-c3cc(C(F)(F)F)on3)s2)S(=O)O)c1. The number of anilines is 1. The molecule has 12 heteroatoms. The van der Waals surface area contributed by atoms with Crippen molar-refractivity contribution in [3.63, 3.8) is 0 Å². The quantitative estimate of drug-likeness (QED) is 0.405. The first-order valence-electron chi connectivity index (χ1n) is 9.95. The number of aromatic nitrogens is 1. The fourth-order valence-corrected chi connectivity index (χ4v) is 5.98. The maximum absolute atomic E-state index is 12.8. The van der Waals surface area contributed by atoms with Gasteiger partial charge in [0, 0.05) is 12.0 Å². The smallest absolute Gasteiger partial charge is 0.452 e. The fraction of sp³-hybridized carbons (Fsp3) is 0.333. The van der Waals surface area contributed by atoms with Gasteiger partial charge in [-0.1, -0.05) is 42.8 Å². The van der Waals surface area contributed by atoms with Crippen molar-refractivity contribution in [1.29, 1.82) is 0 Å². The summed E-state index contributed by atoms with van der Waals surface area (Å²) in [6, 6.07) is 11.0. The van der Waals surface area contributed by atoms with Gasteiger partial charge in [0.1, 0.15) is 10.7 Å². The van der Waals surface area contributed by atoms with Crippen LogP contribution in [-0.4, -0.2) is 30.5 Å². The molecule has 33 heavy (non-hydrogen) atoms. The zero-order valence-electron chi connectivity index (χ0n) is 17.2. The van der Waals surface area contributed by atoms with E-state index in [4.69, 9.17) is 0 Å². The molecule has 2 N–H and O–H groups in total. The van der Waals surface area contributed by atoms with Gasteiger partial charge in [0.05, 0.1) is 4.88 Å². The van der Waals surface area contributed by atoms with Gasteiger partial charge < -0.3 is 9.63 Å². The van der Waals surface area contributed by atoms with E-state index >= 15 is 0 Å². The van der Waals surface area contributed by atoms with E-state index in [0.717, 1.165) is 45.7 Å². The molecular weight excluding hydrogens is 481 g/mol. The molecule has 3 unspecified atom stereocenters. The van der Waals surface area contributed by atoms with E-state index in [1.165, 1.54) is 12.1 Å². The van der Waals surface area contributed by atoms with Crippen LogP contribution in [0.2, 0.25) is 0 Å². The molecule has 7 nitrogen and oxygen atoms in total. The van der Waals surface area contributed by atoms with E-state index < -0.39 is 40.6 Å². The topological polar surface area (TPSA) is 104 Å². The molecule has 1 aliphatic rings. The van der Waals surface area contributed by atoms with Gasteiger partial charge in [-0.15, -0.1) is 11.3 Å². The fourth-order valence-electron chi connectivity index (χ4n) is 3.96. The number of aliphatic carboxylic acids is 1. The molecule has 2 heterocycles. The van der Waals surface area contributed by atoms with E-state index in [1.54, 1.807) is 6.07 Å². The lowest BCUT2D eigenvalue weighted by Gasteiger charge is -2.26. The van der Waals surface area contributed by atoms with Crippen LogP contribution >= 0.6 is 11.3 Å². The Morgan fingerprint density at radius 2 is 2.09 bits per heavy atom. The molecule has 0 radical (unpaired) electrons. The van der Waals surface area contributed by atoms with Gasteiger partial charge in [0.15, 0.2) is 5.54 Å². The van der Waals surface area contributed by atoms with Crippen LogP contribution in [0.1, 0.15) is 42.6 Å². The number of halogens is 3.